The number of aliphatic hydroxyl groups is 5. The molecule has 6 N–H and O–H groups in total. The third-order valence-electron chi connectivity index (χ3n) is 2.05. The monoisotopic (exact) mass is 269 g/mol. The Kier molecular flexibility index (Phi) is 9.65. The lowest BCUT2D eigenvalue weighted by Gasteiger charge is -2.22. The summed E-state index contributed by atoms with van der Waals surface area (Å²) in [7, 11) is 0. The van der Waals surface area contributed by atoms with Crippen LogP contribution in [-0.4, -0.2) is 81.0 Å². The predicted molar refractivity (Wildman–Crippen MR) is 62.5 cm³/mol. The molecule has 0 amide bonds. The molecule has 0 aromatic heterocycles. The number of hydrogen-bond acceptors (Lipinski definition) is 8. The number of carbonyl (C=O) groups is 1. The van der Waals surface area contributed by atoms with E-state index in [9.17, 15) is 4.79 Å². The zero-order valence-electron chi connectivity index (χ0n) is 9.27. The number of aliphatic hydroxyl groups excluding tert-OH is 5. The average molecular weight is 269 g/mol. The molecule has 1 heterocycles. The van der Waals surface area contributed by atoms with E-state index in [-0.39, 0.29) is 6.29 Å². The lowest BCUT2D eigenvalue weighted by molar-refractivity contribution is -0.136. The highest BCUT2D eigenvalue weighted by molar-refractivity contribution is 7.99. The quantitative estimate of drug-likeness (QED) is 0.289. The van der Waals surface area contributed by atoms with Crippen molar-refractivity contribution >= 4 is 18.0 Å². The van der Waals surface area contributed by atoms with Gasteiger partial charge in [-0.25, -0.2) is 0 Å². The molecule has 17 heavy (non-hydrogen) atoms. The van der Waals surface area contributed by atoms with Gasteiger partial charge in [0.2, 0.25) is 0 Å². The summed E-state index contributed by atoms with van der Waals surface area (Å²) in [6.45, 7) is 0.453. The zero-order valence-corrected chi connectivity index (χ0v) is 10.1. The normalized spacial score (nSPS) is 21.9. The van der Waals surface area contributed by atoms with Gasteiger partial charge in [0.25, 0.3) is 0 Å². The van der Waals surface area contributed by atoms with Crippen molar-refractivity contribution in [2.24, 2.45) is 0 Å². The number of hydrogen-bond donors (Lipinski definition) is 6. The van der Waals surface area contributed by atoms with Crippen molar-refractivity contribution in [1.29, 1.82) is 0 Å². The Morgan fingerprint density at radius 3 is 2.18 bits per heavy atom. The predicted octanol–water partition coefficient (Wildman–Crippen LogP) is -3.10. The van der Waals surface area contributed by atoms with Crippen LogP contribution in [0.5, 0.6) is 0 Å². The molecule has 0 aromatic rings. The van der Waals surface area contributed by atoms with Crippen molar-refractivity contribution in [2.75, 3.05) is 24.8 Å². The molecule has 0 radical (unpaired) electrons. The number of carbonyl (C=O) groups excluding carboxylic acids is 1. The second-order valence-corrected chi connectivity index (χ2v) is 4.52. The second kappa shape index (κ2) is 9.77. The van der Waals surface area contributed by atoms with Crippen molar-refractivity contribution < 1.29 is 30.3 Å². The van der Waals surface area contributed by atoms with Gasteiger partial charge in [0.05, 0.1) is 6.61 Å². The molecule has 1 fully saturated rings. The molecular weight excluding hydrogens is 250 g/mol. The van der Waals surface area contributed by atoms with E-state index in [2.05, 4.69) is 5.32 Å². The van der Waals surface area contributed by atoms with E-state index < -0.39 is 31.0 Å². The van der Waals surface area contributed by atoms with E-state index in [1.807, 2.05) is 11.8 Å². The SMILES string of the molecule is C1CSCN1.O=CC(O)C(O)C(O)C(O)CO. The fourth-order valence-corrected chi connectivity index (χ4v) is 1.70. The Balaban J connectivity index is 0.000000419. The van der Waals surface area contributed by atoms with Crippen LogP contribution in [0.15, 0.2) is 0 Å². The average Bonchev–Trinajstić information content (AvgIpc) is 2.93. The fourth-order valence-electron chi connectivity index (χ4n) is 0.979. The summed E-state index contributed by atoms with van der Waals surface area (Å²) in [6.07, 6.45) is -6.84. The first-order chi connectivity index (χ1) is 8.04. The minimum absolute atomic E-state index is 0.0258. The molecule has 1 saturated heterocycles. The van der Waals surface area contributed by atoms with E-state index >= 15 is 0 Å². The van der Waals surface area contributed by atoms with Crippen molar-refractivity contribution in [2.45, 2.75) is 24.4 Å². The molecule has 7 nitrogen and oxygen atoms in total. The van der Waals surface area contributed by atoms with Gasteiger partial charge in [-0.05, 0) is 0 Å². The summed E-state index contributed by atoms with van der Waals surface area (Å²) in [5.74, 6) is 2.47. The maximum absolute atomic E-state index is 9.90. The molecule has 102 valence electrons. The van der Waals surface area contributed by atoms with Gasteiger partial charge >= 0.3 is 0 Å². The van der Waals surface area contributed by atoms with E-state index in [0.29, 0.717) is 0 Å². The first-order valence-electron chi connectivity index (χ1n) is 5.11. The van der Waals surface area contributed by atoms with E-state index in [0.717, 1.165) is 0 Å². The summed E-state index contributed by atoms with van der Waals surface area (Å²) in [5.41, 5.74) is 0. The van der Waals surface area contributed by atoms with Gasteiger partial charge in [0, 0.05) is 18.2 Å². The van der Waals surface area contributed by atoms with Crippen LogP contribution in [0, 0.1) is 0 Å². The number of rotatable bonds is 5. The summed E-state index contributed by atoms with van der Waals surface area (Å²) >= 11 is 1.96. The molecule has 0 aliphatic carbocycles. The van der Waals surface area contributed by atoms with E-state index in [4.69, 9.17) is 25.5 Å². The highest BCUT2D eigenvalue weighted by atomic mass is 32.2. The van der Waals surface area contributed by atoms with Gasteiger partial charge in [-0.3, -0.25) is 0 Å². The van der Waals surface area contributed by atoms with Crippen LogP contribution in [-0.2, 0) is 4.79 Å². The molecular formula is C9H19NO6S. The van der Waals surface area contributed by atoms with Gasteiger partial charge < -0.3 is 35.6 Å². The lowest BCUT2D eigenvalue weighted by atomic mass is 10.0. The maximum Gasteiger partial charge on any atom is 0.151 e. The van der Waals surface area contributed by atoms with E-state index in [1.54, 1.807) is 0 Å². The minimum Gasteiger partial charge on any atom is -0.394 e. The maximum atomic E-state index is 9.90. The first kappa shape index (κ1) is 16.8. The Hall–Kier alpha value is -0.220. The second-order valence-electron chi connectivity index (χ2n) is 3.41. The number of thioether (sulfide) groups is 1. The molecule has 0 spiro atoms. The van der Waals surface area contributed by atoms with Crippen LogP contribution >= 0.6 is 11.8 Å². The Morgan fingerprint density at radius 2 is 1.88 bits per heavy atom. The zero-order chi connectivity index (χ0) is 13.3. The number of nitrogens with one attached hydrogen (secondary N) is 1. The fraction of sp³-hybridized carbons (Fsp3) is 0.889. The summed E-state index contributed by atoms with van der Waals surface area (Å²) < 4.78 is 0. The molecule has 0 aromatic carbocycles. The molecule has 0 bridgehead atoms. The molecule has 1 aliphatic heterocycles. The summed E-state index contributed by atoms with van der Waals surface area (Å²) in [4.78, 5) is 9.90. The van der Waals surface area contributed by atoms with Crippen molar-refractivity contribution in [3.05, 3.63) is 0 Å². The van der Waals surface area contributed by atoms with Gasteiger partial charge in [-0.15, -0.1) is 11.8 Å². The Labute approximate surface area is 103 Å². The van der Waals surface area contributed by atoms with Gasteiger partial charge in [-0.2, -0.15) is 0 Å². The smallest absolute Gasteiger partial charge is 0.151 e. The van der Waals surface area contributed by atoms with Crippen LogP contribution in [0.25, 0.3) is 0 Å². The standard InChI is InChI=1S/C6H12O6.C3H7NS/c7-1-3(9)5(11)6(12)4(10)2-8;1-2-5-3-4-1/h1,3-6,8-12H,2H2;4H,1-3H2. The first-order valence-corrected chi connectivity index (χ1v) is 6.27. The molecule has 8 heteroatoms. The van der Waals surface area contributed by atoms with Crippen molar-refractivity contribution in [3.63, 3.8) is 0 Å². The van der Waals surface area contributed by atoms with Gasteiger partial charge in [0.1, 0.15) is 24.4 Å². The third kappa shape index (κ3) is 6.94. The van der Waals surface area contributed by atoms with Crippen LogP contribution in [0.1, 0.15) is 0 Å². The molecule has 4 atom stereocenters. The van der Waals surface area contributed by atoms with Crippen molar-refractivity contribution in [3.8, 4) is 0 Å². The Bertz CT molecular complexity index is 196. The van der Waals surface area contributed by atoms with Gasteiger partial charge in [-0.1, -0.05) is 0 Å². The van der Waals surface area contributed by atoms with Crippen molar-refractivity contribution in [1.82, 2.24) is 5.32 Å². The van der Waals surface area contributed by atoms with Gasteiger partial charge in [0.15, 0.2) is 6.29 Å². The van der Waals surface area contributed by atoms with Crippen LogP contribution in [0.3, 0.4) is 0 Å². The summed E-state index contributed by atoms with van der Waals surface area (Å²) in [6, 6.07) is 0. The van der Waals surface area contributed by atoms with Crippen LogP contribution < -0.4 is 5.32 Å². The molecule has 1 rings (SSSR count). The Morgan fingerprint density at radius 1 is 1.24 bits per heavy atom. The highest BCUT2D eigenvalue weighted by Crippen LogP contribution is 2.03. The van der Waals surface area contributed by atoms with Crippen LogP contribution in [0.4, 0.5) is 0 Å². The molecule has 0 saturated carbocycles. The molecule has 4 unspecified atom stereocenters. The van der Waals surface area contributed by atoms with Crippen LogP contribution in [0.2, 0.25) is 0 Å². The summed E-state index contributed by atoms with van der Waals surface area (Å²) in [5, 5.41) is 46.7. The minimum atomic E-state index is -1.79. The third-order valence-corrected chi connectivity index (χ3v) is 2.95. The van der Waals surface area contributed by atoms with E-state index in [1.165, 1.54) is 18.2 Å². The molecule has 1 aliphatic rings. The largest absolute Gasteiger partial charge is 0.394 e. The lowest BCUT2D eigenvalue weighted by Crippen LogP contribution is -2.46. The number of aldehydes is 1. The highest BCUT2D eigenvalue weighted by Gasteiger charge is 2.29. The topological polar surface area (TPSA) is 130 Å².